The second-order valence-corrected chi connectivity index (χ2v) is 5.29. The van der Waals surface area contributed by atoms with Crippen LogP contribution in [-0.2, 0) is 9.53 Å². The first kappa shape index (κ1) is 14.2. The second kappa shape index (κ2) is 6.80. The average molecular weight is 239 g/mol. The number of hydrogen-bond acceptors (Lipinski definition) is 3. The Morgan fingerprint density at radius 1 is 1.47 bits per heavy atom. The van der Waals surface area contributed by atoms with E-state index in [9.17, 15) is 4.79 Å². The number of carbonyl (C=O) groups excluding carboxylic acids is 1. The van der Waals surface area contributed by atoms with E-state index in [-0.39, 0.29) is 5.97 Å². The summed E-state index contributed by atoms with van der Waals surface area (Å²) in [5, 5.41) is 0. The lowest BCUT2D eigenvalue weighted by Gasteiger charge is -2.21. The molecule has 0 atom stereocenters. The standard InChI is InChI=1S/C14H25NO2/c1-11(2)7-9-15(13-5-6-13)10-8-12(3)14(16)17-4/h8,11,13H,5-7,9-10H2,1-4H3. The van der Waals surface area contributed by atoms with Gasteiger partial charge in [-0.2, -0.15) is 0 Å². The Morgan fingerprint density at radius 2 is 2.12 bits per heavy atom. The lowest BCUT2D eigenvalue weighted by atomic mass is 10.1. The molecule has 1 saturated carbocycles. The molecular formula is C14H25NO2. The van der Waals surface area contributed by atoms with Crippen LogP contribution in [0.25, 0.3) is 0 Å². The molecule has 0 radical (unpaired) electrons. The van der Waals surface area contributed by atoms with E-state index in [2.05, 4.69) is 18.7 Å². The molecule has 0 aromatic rings. The van der Waals surface area contributed by atoms with Crippen molar-refractivity contribution in [1.82, 2.24) is 4.90 Å². The lowest BCUT2D eigenvalue weighted by molar-refractivity contribution is -0.136. The van der Waals surface area contributed by atoms with Crippen molar-refractivity contribution in [3.63, 3.8) is 0 Å². The number of ether oxygens (including phenoxy) is 1. The van der Waals surface area contributed by atoms with E-state index in [4.69, 9.17) is 4.74 Å². The fraction of sp³-hybridized carbons (Fsp3) is 0.786. The van der Waals surface area contributed by atoms with Crippen molar-refractivity contribution < 1.29 is 9.53 Å². The molecule has 3 nitrogen and oxygen atoms in total. The summed E-state index contributed by atoms with van der Waals surface area (Å²) >= 11 is 0. The maximum Gasteiger partial charge on any atom is 0.333 e. The quantitative estimate of drug-likeness (QED) is 0.505. The van der Waals surface area contributed by atoms with E-state index >= 15 is 0 Å². The summed E-state index contributed by atoms with van der Waals surface area (Å²) in [5.41, 5.74) is 0.711. The summed E-state index contributed by atoms with van der Waals surface area (Å²) in [6.45, 7) is 8.33. The van der Waals surface area contributed by atoms with Crippen LogP contribution in [0.1, 0.15) is 40.0 Å². The number of hydrogen-bond donors (Lipinski definition) is 0. The topological polar surface area (TPSA) is 29.5 Å². The number of methoxy groups -OCH3 is 1. The molecule has 0 aromatic carbocycles. The summed E-state index contributed by atoms with van der Waals surface area (Å²) in [7, 11) is 1.43. The van der Waals surface area contributed by atoms with Gasteiger partial charge in [0.15, 0.2) is 0 Å². The monoisotopic (exact) mass is 239 g/mol. The zero-order chi connectivity index (χ0) is 12.8. The van der Waals surface area contributed by atoms with Crippen molar-refractivity contribution in [2.24, 2.45) is 5.92 Å². The van der Waals surface area contributed by atoms with Gasteiger partial charge in [0.05, 0.1) is 7.11 Å². The third-order valence-corrected chi connectivity index (χ3v) is 3.20. The molecular weight excluding hydrogens is 214 g/mol. The van der Waals surface area contributed by atoms with Crippen LogP contribution in [0, 0.1) is 5.92 Å². The fourth-order valence-electron chi connectivity index (χ4n) is 1.79. The molecule has 3 heteroatoms. The van der Waals surface area contributed by atoms with Gasteiger partial charge in [-0.1, -0.05) is 19.9 Å². The number of nitrogens with zero attached hydrogens (tertiary/aromatic N) is 1. The zero-order valence-electron chi connectivity index (χ0n) is 11.5. The summed E-state index contributed by atoms with van der Waals surface area (Å²) in [4.78, 5) is 13.7. The van der Waals surface area contributed by atoms with Gasteiger partial charge in [0.2, 0.25) is 0 Å². The molecule has 0 aliphatic heterocycles. The maximum atomic E-state index is 11.3. The predicted molar refractivity (Wildman–Crippen MR) is 69.8 cm³/mol. The van der Waals surface area contributed by atoms with Gasteiger partial charge in [-0.15, -0.1) is 0 Å². The highest BCUT2D eigenvalue weighted by Gasteiger charge is 2.27. The Morgan fingerprint density at radius 3 is 2.59 bits per heavy atom. The number of rotatable bonds is 7. The van der Waals surface area contributed by atoms with Gasteiger partial charge in [-0.05, 0) is 38.6 Å². The van der Waals surface area contributed by atoms with Gasteiger partial charge in [-0.25, -0.2) is 4.79 Å². The summed E-state index contributed by atoms with van der Waals surface area (Å²) in [5.74, 6) is 0.520. The number of esters is 1. The minimum Gasteiger partial charge on any atom is -0.466 e. The largest absolute Gasteiger partial charge is 0.466 e. The Kier molecular flexibility index (Phi) is 5.69. The van der Waals surface area contributed by atoms with Gasteiger partial charge >= 0.3 is 5.97 Å². The minimum absolute atomic E-state index is 0.218. The van der Waals surface area contributed by atoms with Crippen molar-refractivity contribution in [3.05, 3.63) is 11.6 Å². The maximum absolute atomic E-state index is 11.3. The van der Waals surface area contributed by atoms with Crippen LogP contribution in [0.5, 0.6) is 0 Å². The molecule has 0 amide bonds. The van der Waals surface area contributed by atoms with Crippen LogP contribution in [0.4, 0.5) is 0 Å². The highest BCUT2D eigenvalue weighted by atomic mass is 16.5. The molecule has 1 fully saturated rings. The second-order valence-electron chi connectivity index (χ2n) is 5.29. The summed E-state index contributed by atoms with van der Waals surface area (Å²) in [6.07, 6.45) is 5.83. The lowest BCUT2D eigenvalue weighted by Crippen LogP contribution is -2.28. The Hall–Kier alpha value is -0.830. The molecule has 1 rings (SSSR count). The van der Waals surface area contributed by atoms with Crippen molar-refractivity contribution in [3.8, 4) is 0 Å². The molecule has 1 aliphatic rings. The Labute approximate surface area is 105 Å². The Bertz CT molecular complexity index is 280. The van der Waals surface area contributed by atoms with Gasteiger partial charge in [-0.3, -0.25) is 4.90 Å². The molecule has 17 heavy (non-hydrogen) atoms. The summed E-state index contributed by atoms with van der Waals surface area (Å²) in [6, 6.07) is 0.746. The highest BCUT2D eigenvalue weighted by molar-refractivity contribution is 5.87. The predicted octanol–water partition coefficient (Wildman–Crippen LogP) is 2.62. The molecule has 0 bridgehead atoms. The molecule has 0 saturated heterocycles. The van der Waals surface area contributed by atoms with Crippen LogP contribution in [-0.4, -0.2) is 37.1 Å². The van der Waals surface area contributed by atoms with Crippen LogP contribution in [0.3, 0.4) is 0 Å². The minimum atomic E-state index is -0.218. The van der Waals surface area contributed by atoms with E-state index in [0.717, 1.165) is 25.0 Å². The van der Waals surface area contributed by atoms with E-state index < -0.39 is 0 Å². The van der Waals surface area contributed by atoms with E-state index in [1.165, 1.54) is 26.4 Å². The molecule has 1 aliphatic carbocycles. The third-order valence-electron chi connectivity index (χ3n) is 3.20. The average Bonchev–Trinajstić information content (AvgIpc) is 3.11. The van der Waals surface area contributed by atoms with E-state index in [1.807, 2.05) is 13.0 Å². The Balaban J connectivity index is 2.41. The van der Waals surface area contributed by atoms with Crippen molar-refractivity contribution in [2.75, 3.05) is 20.2 Å². The highest BCUT2D eigenvalue weighted by Crippen LogP contribution is 2.27. The van der Waals surface area contributed by atoms with Gasteiger partial charge in [0.25, 0.3) is 0 Å². The molecule has 0 heterocycles. The smallest absolute Gasteiger partial charge is 0.333 e. The van der Waals surface area contributed by atoms with Gasteiger partial charge in [0, 0.05) is 18.2 Å². The van der Waals surface area contributed by atoms with E-state index in [1.54, 1.807) is 0 Å². The van der Waals surface area contributed by atoms with Gasteiger partial charge < -0.3 is 4.74 Å². The van der Waals surface area contributed by atoms with Crippen LogP contribution in [0.15, 0.2) is 11.6 Å². The normalized spacial score (nSPS) is 16.7. The first-order valence-electron chi connectivity index (χ1n) is 6.53. The molecule has 98 valence electrons. The van der Waals surface area contributed by atoms with Crippen LogP contribution >= 0.6 is 0 Å². The number of carbonyl (C=O) groups is 1. The molecule has 0 unspecified atom stereocenters. The van der Waals surface area contributed by atoms with E-state index in [0.29, 0.717) is 5.57 Å². The summed E-state index contributed by atoms with van der Waals surface area (Å²) < 4.78 is 4.69. The zero-order valence-corrected chi connectivity index (χ0v) is 11.5. The van der Waals surface area contributed by atoms with Crippen LogP contribution in [0.2, 0.25) is 0 Å². The molecule has 0 aromatic heterocycles. The molecule has 0 N–H and O–H groups in total. The van der Waals surface area contributed by atoms with Gasteiger partial charge in [0.1, 0.15) is 0 Å². The van der Waals surface area contributed by atoms with Crippen LogP contribution < -0.4 is 0 Å². The third kappa shape index (κ3) is 5.35. The SMILES string of the molecule is COC(=O)C(C)=CCN(CCC(C)C)C1CC1. The van der Waals surface area contributed by atoms with Crippen molar-refractivity contribution >= 4 is 5.97 Å². The first-order chi connectivity index (χ1) is 8.04. The van der Waals surface area contributed by atoms with Crippen molar-refractivity contribution in [1.29, 1.82) is 0 Å². The fourth-order valence-corrected chi connectivity index (χ4v) is 1.79. The van der Waals surface area contributed by atoms with Crippen molar-refractivity contribution in [2.45, 2.75) is 46.1 Å². The first-order valence-corrected chi connectivity index (χ1v) is 6.53. The molecule has 0 spiro atoms.